The van der Waals surface area contributed by atoms with Crippen molar-refractivity contribution in [3.63, 3.8) is 0 Å². The van der Waals surface area contributed by atoms with Crippen LogP contribution < -0.4 is 19.5 Å². The molecule has 200 valence electrons. The van der Waals surface area contributed by atoms with Gasteiger partial charge in [-0.25, -0.2) is 4.79 Å². The Hall–Kier alpha value is -3.74. The number of dihydropyridines is 1. The molecule has 38 heavy (non-hydrogen) atoms. The van der Waals surface area contributed by atoms with Crippen LogP contribution >= 0.6 is 0 Å². The first kappa shape index (κ1) is 25.9. The highest BCUT2D eigenvalue weighted by Crippen LogP contribution is 2.48. The maximum Gasteiger partial charge on any atom is 0.337 e. The number of benzene rings is 2. The third-order valence-electron chi connectivity index (χ3n) is 7.95. The molecular weight excluding hydrogens is 482 g/mol. The normalized spacial score (nSPS) is 21.6. The Labute approximate surface area is 223 Å². The molecule has 0 unspecified atom stereocenters. The van der Waals surface area contributed by atoms with Crippen molar-refractivity contribution in [3.8, 4) is 17.2 Å². The first-order valence-electron chi connectivity index (χ1n) is 13.2. The van der Waals surface area contributed by atoms with E-state index in [1.165, 1.54) is 0 Å². The number of carbonyl (C=O) groups excluding carboxylic acids is 2. The van der Waals surface area contributed by atoms with Crippen LogP contribution in [0, 0.1) is 0 Å². The van der Waals surface area contributed by atoms with E-state index in [-0.39, 0.29) is 23.8 Å². The standard InChI is InChI=1S/C31H35NO6/c1-18-28(31(34)38-21-9-5-6-10-21)29(22-11-7-8-12-25(22)35-2)30-23(32-18)15-20(16-24(30)33)19-13-14-26(36-3)27(17-19)37-4/h7-8,11-14,17,20-21,29,32H,5-6,9-10,15-16H2,1-4H3/t20-,29-/m1/s1. The highest BCUT2D eigenvalue weighted by molar-refractivity contribution is 6.04. The Morgan fingerprint density at radius 1 is 0.895 bits per heavy atom. The maximum atomic E-state index is 13.9. The Morgan fingerprint density at radius 3 is 2.32 bits per heavy atom. The summed E-state index contributed by atoms with van der Waals surface area (Å²) in [6, 6.07) is 13.4. The number of ether oxygens (including phenoxy) is 4. The predicted octanol–water partition coefficient (Wildman–Crippen LogP) is 5.56. The highest BCUT2D eigenvalue weighted by Gasteiger charge is 2.43. The molecule has 1 fully saturated rings. The molecule has 1 aliphatic heterocycles. The molecule has 1 N–H and O–H groups in total. The lowest BCUT2D eigenvalue weighted by atomic mass is 9.71. The maximum absolute atomic E-state index is 13.9. The van der Waals surface area contributed by atoms with Gasteiger partial charge in [-0.1, -0.05) is 24.3 Å². The number of Topliss-reactive ketones (excluding diaryl/α,β-unsaturated/α-hetero) is 1. The van der Waals surface area contributed by atoms with Gasteiger partial charge in [-0.3, -0.25) is 4.79 Å². The van der Waals surface area contributed by atoms with Gasteiger partial charge in [0.15, 0.2) is 17.3 Å². The number of para-hydroxylation sites is 1. The summed E-state index contributed by atoms with van der Waals surface area (Å²) in [4.78, 5) is 27.5. The van der Waals surface area contributed by atoms with E-state index in [4.69, 9.17) is 18.9 Å². The lowest BCUT2D eigenvalue weighted by Gasteiger charge is -2.37. The largest absolute Gasteiger partial charge is 0.496 e. The van der Waals surface area contributed by atoms with Crippen molar-refractivity contribution in [1.82, 2.24) is 5.32 Å². The van der Waals surface area contributed by atoms with Crippen LogP contribution in [0.4, 0.5) is 0 Å². The number of rotatable bonds is 7. The Morgan fingerprint density at radius 2 is 1.61 bits per heavy atom. The highest BCUT2D eigenvalue weighted by atomic mass is 16.5. The second-order valence-electron chi connectivity index (χ2n) is 10.2. The van der Waals surface area contributed by atoms with Crippen LogP contribution in [0.3, 0.4) is 0 Å². The van der Waals surface area contributed by atoms with E-state index in [0.717, 1.165) is 42.5 Å². The molecule has 0 amide bonds. The third kappa shape index (κ3) is 4.77. The van der Waals surface area contributed by atoms with E-state index < -0.39 is 5.92 Å². The third-order valence-corrected chi connectivity index (χ3v) is 7.95. The van der Waals surface area contributed by atoms with Crippen LogP contribution in [0.2, 0.25) is 0 Å². The lowest BCUT2D eigenvalue weighted by molar-refractivity contribution is -0.144. The number of hydrogen-bond acceptors (Lipinski definition) is 7. The SMILES string of the molecule is COc1ccc([C@H]2CC(=O)C3=C(C2)NC(C)=C(C(=O)OC2CCCC2)[C@H]3c2ccccc2OC)cc1OC. The molecule has 0 saturated heterocycles. The fraction of sp³-hybridized carbons (Fsp3) is 0.419. The van der Waals surface area contributed by atoms with E-state index in [2.05, 4.69) is 5.32 Å². The van der Waals surface area contributed by atoms with Gasteiger partial charge in [0.2, 0.25) is 0 Å². The van der Waals surface area contributed by atoms with Crippen molar-refractivity contribution in [2.75, 3.05) is 21.3 Å². The van der Waals surface area contributed by atoms with Gasteiger partial charge in [-0.2, -0.15) is 0 Å². The first-order valence-corrected chi connectivity index (χ1v) is 13.2. The lowest BCUT2D eigenvalue weighted by Crippen LogP contribution is -2.36. The van der Waals surface area contributed by atoms with Crippen LogP contribution in [0.25, 0.3) is 0 Å². The van der Waals surface area contributed by atoms with E-state index in [1.807, 2.05) is 49.4 Å². The van der Waals surface area contributed by atoms with Crippen LogP contribution in [0.5, 0.6) is 17.2 Å². The smallest absolute Gasteiger partial charge is 0.337 e. The van der Waals surface area contributed by atoms with Crippen LogP contribution in [-0.4, -0.2) is 39.2 Å². The van der Waals surface area contributed by atoms with Gasteiger partial charge in [0.1, 0.15) is 11.9 Å². The minimum Gasteiger partial charge on any atom is -0.496 e. The number of hydrogen-bond donors (Lipinski definition) is 1. The fourth-order valence-electron chi connectivity index (χ4n) is 6.09. The molecule has 0 aromatic heterocycles. The molecule has 7 nitrogen and oxygen atoms in total. The minimum absolute atomic E-state index is 0.00751. The molecular formula is C31H35NO6. The summed E-state index contributed by atoms with van der Waals surface area (Å²) in [5, 5.41) is 3.43. The van der Waals surface area contributed by atoms with Crippen molar-refractivity contribution < 1.29 is 28.5 Å². The van der Waals surface area contributed by atoms with Crippen molar-refractivity contribution in [3.05, 3.63) is 76.1 Å². The number of ketones is 1. The summed E-state index contributed by atoms with van der Waals surface area (Å²) in [5.41, 5.74) is 4.45. The van der Waals surface area contributed by atoms with Crippen molar-refractivity contribution in [2.45, 2.75) is 63.4 Å². The van der Waals surface area contributed by atoms with E-state index in [1.54, 1.807) is 21.3 Å². The summed E-state index contributed by atoms with van der Waals surface area (Å²) in [6.07, 6.45) is 4.77. The zero-order valence-corrected chi connectivity index (χ0v) is 22.5. The van der Waals surface area contributed by atoms with Crippen LogP contribution in [0.1, 0.15) is 68.4 Å². The summed E-state index contributed by atoms with van der Waals surface area (Å²) in [6.45, 7) is 1.89. The Balaban J connectivity index is 1.55. The van der Waals surface area contributed by atoms with Crippen molar-refractivity contribution in [1.29, 1.82) is 0 Å². The zero-order chi connectivity index (χ0) is 26.8. The molecule has 2 aromatic carbocycles. The topological polar surface area (TPSA) is 83.1 Å². The monoisotopic (exact) mass is 517 g/mol. The van der Waals surface area contributed by atoms with Gasteiger partial charge < -0.3 is 24.3 Å². The molecule has 0 spiro atoms. The second kappa shape index (κ2) is 10.9. The van der Waals surface area contributed by atoms with Crippen LogP contribution in [0.15, 0.2) is 65.0 Å². The molecule has 1 heterocycles. The molecule has 2 aromatic rings. The Kier molecular flexibility index (Phi) is 7.45. The summed E-state index contributed by atoms with van der Waals surface area (Å²) in [5.74, 6) is 0.970. The van der Waals surface area contributed by atoms with Crippen molar-refractivity contribution in [2.24, 2.45) is 0 Å². The van der Waals surface area contributed by atoms with E-state index in [9.17, 15) is 9.59 Å². The average molecular weight is 518 g/mol. The molecule has 2 atom stereocenters. The first-order chi connectivity index (χ1) is 18.4. The summed E-state index contributed by atoms with van der Waals surface area (Å²) in [7, 11) is 4.82. The van der Waals surface area contributed by atoms with E-state index in [0.29, 0.717) is 46.9 Å². The molecule has 5 rings (SSSR count). The minimum atomic E-state index is -0.560. The molecule has 2 aliphatic carbocycles. The number of esters is 1. The summed E-state index contributed by atoms with van der Waals surface area (Å²) >= 11 is 0. The Bertz CT molecular complexity index is 1300. The number of carbonyl (C=O) groups is 2. The van der Waals surface area contributed by atoms with Gasteiger partial charge in [0.25, 0.3) is 0 Å². The predicted molar refractivity (Wildman–Crippen MR) is 143 cm³/mol. The zero-order valence-electron chi connectivity index (χ0n) is 22.5. The molecule has 0 radical (unpaired) electrons. The molecule has 3 aliphatic rings. The average Bonchev–Trinajstić information content (AvgIpc) is 3.44. The molecule has 1 saturated carbocycles. The quantitative estimate of drug-likeness (QED) is 0.482. The van der Waals surface area contributed by atoms with E-state index >= 15 is 0 Å². The number of methoxy groups -OCH3 is 3. The van der Waals surface area contributed by atoms with Gasteiger partial charge in [0, 0.05) is 29.0 Å². The van der Waals surface area contributed by atoms with Gasteiger partial charge in [0.05, 0.1) is 32.8 Å². The van der Waals surface area contributed by atoms with Crippen LogP contribution in [-0.2, 0) is 14.3 Å². The van der Waals surface area contributed by atoms with Gasteiger partial charge in [-0.05, 0) is 68.7 Å². The van der Waals surface area contributed by atoms with Gasteiger partial charge in [-0.15, -0.1) is 0 Å². The number of allylic oxidation sites excluding steroid dienone is 3. The fourth-order valence-corrected chi connectivity index (χ4v) is 6.09. The van der Waals surface area contributed by atoms with Gasteiger partial charge >= 0.3 is 5.97 Å². The number of nitrogens with one attached hydrogen (secondary N) is 1. The molecule has 7 heteroatoms. The second-order valence-corrected chi connectivity index (χ2v) is 10.2. The van der Waals surface area contributed by atoms with Crippen molar-refractivity contribution >= 4 is 11.8 Å². The molecule has 0 bridgehead atoms. The summed E-state index contributed by atoms with van der Waals surface area (Å²) < 4.78 is 22.5.